The zero-order valence-corrected chi connectivity index (χ0v) is 11.8. The molecule has 0 unspecified atom stereocenters. The lowest BCUT2D eigenvalue weighted by Crippen LogP contribution is -2.37. The second kappa shape index (κ2) is 6.78. The SMILES string of the molecule is O=C(NC1CCCCC1)C(OP(=O)(O)O)=C(Cl)Cl. The number of nitrogens with one attached hydrogen (secondary N) is 1. The summed E-state index contributed by atoms with van der Waals surface area (Å²) in [7, 11) is -4.87. The van der Waals surface area contributed by atoms with Gasteiger partial charge in [-0.3, -0.25) is 14.6 Å². The molecule has 0 heterocycles. The number of hydrogen-bond donors (Lipinski definition) is 3. The Labute approximate surface area is 115 Å². The van der Waals surface area contributed by atoms with Gasteiger partial charge in [-0.15, -0.1) is 0 Å². The monoisotopic (exact) mass is 317 g/mol. The van der Waals surface area contributed by atoms with E-state index in [0.717, 1.165) is 32.1 Å². The van der Waals surface area contributed by atoms with Gasteiger partial charge in [0.2, 0.25) is 5.76 Å². The first-order chi connectivity index (χ1) is 8.29. The van der Waals surface area contributed by atoms with Gasteiger partial charge in [-0.25, -0.2) is 4.57 Å². The van der Waals surface area contributed by atoms with E-state index < -0.39 is 24.0 Å². The smallest absolute Gasteiger partial charge is 0.396 e. The van der Waals surface area contributed by atoms with Gasteiger partial charge in [-0.1, -0.05) is 42.5 Å². The first-order valence-corrected chi connectivity index (χ1v) is 7.69. The Balaban J connectivity index is 2.66. The number of phosphoric ester groups is 1. The third-order valence-corrected chi connectivity index (χ3v) is 3.29. The van der Waals surface area contributed by atoms with Gasteiger partial charge in [-0.2, -0.15) is 0 Å². The molecule has 104 valence electrons. The van der Waals surface area contributed by atoms with E-state index in [-0.39, 0.29) is 6.04 Å². The average molecular weight is 318 g/mol. The lowest BCUT2D eigenvalue weighted by Gasteiger charge is -2.23. The third kappa shape index (κ3) is 5.59. The van der Waals surface area contributed by atoms with Crippen LogP contribution in [0.1, 0.15) is 32.1 Å². The first-order valence-electron chi connectivity index (χ1n) is 5.41. The Bertz CT molecular complexity index is 384. The molecule has 0 radical (unpaired) electrons. The summed E-state index contributed by atoms with van der Waals surface area (Å²) < 4.78 is 14.2. The highest BCUT2D eigenvalue weighted by Crippen LogP contribution is 2.40. The van der Waals surface area contributed by atoms with Crippen LogP contribution in [-0.4, -0.2) is 21.7 Å². The normalized spacial score (nSPS) is 17.1. The Hall–Kier alpha value is -0.260. The van der Waals surface area contributed by atoms with E-state index in [1.54, 1.807) is 0 Å². The van der Waals surface area contributed by atoms with E-state index in [2.05, 4.69) is 9.84 Å². The number of hydrogen-bond acceptors (Lipinski definition) is 3. The van der Waals surface area contributed by atoms with Crippen molar-refractivity contribution in [3.05, 3.63) is 10.3 Å². The van der Waals surface area contributed by atoms with Crippen LogP contribution in [-0.2, 0) is 13.9 Å². The molecule has 0 aromatic rings. The van der Waals surface area contributed by atoms with E-state index in [4.69, 9.17) is 33.0 Å². The molecule has 0 aromatic carbocycles. The fourth-order valence-electron chi connectivity index (χ4n) is 1.78. The molecule has 0 aliphatic heterocycles. The van der Waals surface area contributed by atoms with Crippen molar-refractivity contribution in [1.82, 2.24) is 5.32 Å². The summed E-state index contributed by atoms with van der Waals surface area (Å²) >= 11 is 10.8. The summed E-state index contributed by atoms with van der Waals surface area (Å²) in [6.45, 7) is 0. The largest absolute Gasteiger partial charge is 0.525 e. The van der Waals surface area contributed by atoms with Crippen LogP contribution in [0.2, 0.25) is 0 Å². The molecule has 6 nitrogen and oxygen atoms in total. The highest BCUT2D eigenvalue weighted by Gasteiger charge is 2.27. The van der Waals surface area contributed by atoms with Gasteiger partial charge >= 0.3 is 7.82 Å². The average Bonchev–Trinajstić information content (AvgIpc) is 2.25. The van der Waals surface area contributed by atoms with Crippen molar-refractivity contribution in [3.8, 4) is 0 Å². The number of carbonyl (C=O) groups excluding carboxylic acids is 1. The van der Waals surface area contributed by atoms with Gasteiger partial charge in [0.1, 0.15) is 0 Å². The second-order valence-electron chi connectivity index (χ2n) is 3.98. The van der Waals surface area contributed by atoms with Crippen molar-refractivity contribution in [3.63, 3.8) is 0 Å². The summed E-state index contributed by atoms with van der Waals surface area (Å²) in [5.74, 6) is -1.57. The maximum absolute atomic E-state index is 11.7. The molecule has 1 rings (SSSR count). The van der Waals surface area contributed by atoms with Crippen molar-refractivity contribution in [2.45, 2.75) is 38.1 Å². The first kappa shape index (κ1) is 15.8. The van der Waals surface area contributed by atoms with Gasteiger partial charge in [0.05, 0.1) is 0 Å². The summed E-state index contributed by atoms with van der Waals surface area (Å²) in [5, 5.41) is 2.59. The lowest BCUT2D eigenvalue weighted by molar-refractivity contribution is -0.120. The molecule has 1 aliphatic carbocycles. The topological polar surface area (TPSA) is 95.9 Å². The van der Waals surface area contributed by atoms with Gasteiger partial charge in [-0.05, 0) is 12.8 Å². The van der Waals surface area contributed by atoms with Crippen LogP contribution in [0.25, 0.3) is 0 Å². The molecule has 0 aromatic heterocycles. The van der Waals surface area contributed by atoms with Crippen molar-refractivity contribution in [1.29, 1.82) is 0 Å². The summed E-state index contributed by atoms with van der Waals surface area (Å²) in [4.78, 5) is 29.0. The molecule has 0 spiro atoms. The second-order valence-corrected chi connectivity index (χ2v) is 6.09. The predicted octanol–water partition coefficient (Wildman–Crippen LogP) is 2.19. The fraction of sp³-hybridized carbons (Fsp3) is 0.667. The van der Waals surface area contributed by atoms with Crippen LogP contribution >= 0.6 is 31.0 Å². The molecule has 1 aliphatic rings. The van der Waals surface area contributed by atoms with E-state index >= 15 is 0 Å². The number of halogens is 2. The summed E-state index contributed by atoms with van der Waals surface area (Å²) in [6.07, 6.45) is 4.74. The molecule has 18 heavy (non-hydrogen) atoms. The van der Waals surface area contributed by atoms with Gasteiger partial charge in [0, 0.05) is 6.04 Å². The molecule has 1 amide bonds. The van der Waals surface area contributed by atoms with Crippen molar-refractivity contribution < 1.29 is 23.7 Å². The zero-order valence-electron chi connectivity index (χ0n) is 9.44. The minimum absolute atomic E-state index is 0.0469. The maximum atomic E-state index is 11.7. The van der Waals surface area contributed by atoms with Gasteiger partial charge in [0.25, 0.3) is 5.91 Å². The Morgan fingerprint density at radius 3 is 2.22 bits per heavy atom. The zero-order chi connectivity index (χ0) is 13.8. The van der Waals surface area contributed by atoms with Crippen LogP contribution in [0.5, 0.6) is 0 Å². The van der Waals surface area contributed by atoms with Crippen LogP contribution in [0.3, 0.4) is 0 Å². The number of amides is 1. The fourth-order valence-corrected chi connectivity index (χ4v) is 2.55. The molecule has 9 heteroatoms. The minimum Gasteiger partial charge on any atom is -0.396 e. The minimum atomic E-state index is -4.87. The van der Waals surface area contributed by atoms with Crippen LogP contribution in [0.15, 0.2) is 10.3 Å². The summed E-state index contributed by atoms with van der Waals surface area (Å²) in [5.41, 5.74) is 0. The number of phosphoric acid groups is 1. The highest BCUT2D eigenvalue weighted by atomic mass is 35.5. The molecule has 0 saturated heterocycles. The van der Waals surface area contributed by atoms with Crippen LogP contribution in [0, 0.1) is 0 Å². The quantitative estimate of drug-likeness (QED) is 0.419. The Morgan fingerprint density at radius 2 is 1.78 bits per heavy atom. The highest BCUT2D eigenvalue weighted by molar-refractivity contribution is 7.46. The van der Waals surface area contributed by atoms with Gasteiger partial charge in [0.15, 0.2) is 4.49 Å². The predicted molar refractivity (Wildman–Crippen MR) is 66.9 cm³/mol. The maximum Gasteiger partial charge on any atom is 0.525 e. The van der Waals surface area contributed by atoms with Gasteiger partial charge < -0.3 is 9.84 Å². The molecule has 1 fully saturated rings. The molecule has 0 bridgehead atoms. The van der Waals surface area contributed by atoms with Crippen LogP contribution < -0.4 is 5.32 Å². The number of carbonyl (C=O) groups is 1. The lowest BCUT2D eigenvalue weighted by atomic mass is 9.95. The molecule has 0 atom stereocenters. The van der Waals surface area contributed by atoms with Crippen molar-refractivity contribution in [2.75, 3.05) is 0 Å². The number of rotatable bonds is 4. The van der Waals surface area contributed by atoms with E-state index in [0.29, 0.717) is 0 Å². The summed E-state index contributed by atoms with van der Waals surface area (Å²) in [6, 6.07) is -0.0469. The van der Waals surface area contributed by atoms with E-state index in [9.17, 15) is 9.36 Å². The molecule has 3 N–H and O–H groups in total. The van der Waals surface area contributed by atoms with Crippen molar-refractivity contribution in [2.24, 2.45) is 0 Å². The van der Waals surface area contributed by atoms with E-state index in [1.165, 1.54) is 0 Å². The van der Waals surface area contributed by atoms with Crippen LogP contribution in [0.4, 0.5) is 0 Å². The Kier molecular flexibility index (Phi) is 5.95. The Morgan fingerprint density at radius 1 is 1.22 bits per heavy atom. The third-order valence-electron chi connectivity index (χ3n) is 2.53. The standard InChI is InChI=1S/C9H14Cl2NO5P/c10-8(11)7(17-18(14,15)16)9(13)12-6-4-2-1-3-5-6/h6H,1-5H2,(H,12,13)(H2,14,15,16). The molecular formula is C9H14Cl2NO5P. The van der Waals surface area contributed by atoms with Crippen molar-refractivity contribution >= 4 is 36.9 Å². The van der Waals surface area contributed by atoms with E-state index in [1.807, 2.05) is 0 Å². The molecular weight excluding hydrogens is 304 g/mol. The molecule has 1 saturated carbocycles.